The molecule has 6 unspecified atom stereocenters. The Labute approximate surface area is 303 Å². The maximum atomic E-state index is 11.9. The van der Waals surface area contributed by atoms with Crippen LogP contribution in [0.2, 0.25) is 0 Å². The second kappa shape index (κ2) is 17.0. The van der Waals surface area contributed by atoms with Gasteiger partial charge in [0, 0.05) is 14.0 Å². The van der Waals surface area contributed by atoms with Gasteiger partial charge in [0.05, 0.1) is 43.7 Å². The van der Waals surface area contributed by atoms with Crippen molar-refractivity contribution in [2.24, 2.45) is 51.2 Å². The normalized spacial score (nSPS) is 41.2. The lowest BCUT2D eigenvalue weighted by Crippen LogP contribution is -2.55. The summed E-state index contributed by atoms with van der Waals surface area (Å²) in [5.74, 6) is 2.76. The van der Waals surface area contributed by atoms with Crippen molar-refractivity contribution in [2.45, 2.75) is 150 Å². The van der Waals surface area contributed by atoms with Gasteiger partial charge >= 0.3 is 5.97 Å². The van der Waals surface area contributed by atoms with Crippen LogP contribution in [-0.4, -0.2) is 89.6 Å². The molecule has 2 spiro atoms. The van der Waals surface area contributed by atoms with Crippen LogP contribution in [-0.2, 0) is 23.7 Å². The number of hydrogen-bond acceptors (Lipinski definition) is 9. The number of esters is 1. The summed E-state index contributed by atoms with van der Waals surface area (Å²) in [4.78, 5) is 11.9. The molecular formula is C41H70O9. The minimum Gasteiger partial charge on any atom is -0.457 e. The third kappa shape index (κ3) is 7.03. The minimum absolute atomic E-state index is 0. The van der Waals surface area contributed by atoms with Crippen molar-refractivity contribution in [2.75, 3.05) is 26.9 Å². The summed E-state index contributed by atoms with van der Waals surface area (Å²) in [6.07, 6.45) is 24.7. The van der Waals surface area contributed by atoms with Crippen LogP contribution in [0.5, 0.6) is 0 Å². The molecule has 5 aliphatic carbocycles. The highest BCUT2D eigenvalue weighted by Gasteiger charge is 2.84. The second-order valence-corrected chi connectivity index (χ2v) is 16.7. The van der Waals surface area contributed by atoms with E-state index in [-0.39, 0.29) is 62.4 Å². The highest BCUT2D eigenvalue weighted by Crippen LogP contribution is 2.89. The van der Waals surface area contributed by atoms with E-state index in [1.807, 2.05) is 0 Å². The zero-order chi connectivity index (χ0) is 37.2. The maximum Gasteiger partial charge on any atom is 0.303 e. The summed E-state index contributed by atoms with van der Waals surface area (Å²) >= 11 is 0. The van der Waals surface area contributed by atoms with Crippen LogP contribution in [0.25, 0.3) is 0 Å². The SMILES string of the molecule is C.C#C.C#C.CC(=O)O[C@@H]([C@H]1CCC2C(CC3[C@@H]4CCC5C(C)(C)[C@@H](OC(CO)OCCO)CCC56[C@@H](C)[C@@]46CC[C@]23C)O1)C(C)(C)O.CO. The molecule has 6 aliphatic rings. The molecule has 13 atom stereocenters. The van der Waals surface area contributed by atoms with Crippen molar-refractivity contribution < 1.29 is 44.2 Å². The van der Waals surface area contributed by atoms with Gasteiger partial charge in [0.1, 0.15) is 0 Å². The standard InChI is InChI=1S/C35H58O8.2C2H2.CH4O.CH4/c1-20-34-15-14-33(7)23-8-10-25(30(32(5,6)39)41-21(2)38)42-26(23)18-24(33)22(34)9-11-27-31(3,4)28(12-13-35(20,27)34)43-29(19-37)40-17-16-36;3*1-2;/h20,22-30,36-37,39H,8-19H2,1-7H3;2*1-2H;2H,1H3;1H4/t20-,22-,23?,24?,25+,26?,27?,28-,29?,30-,33+,34-,35?;;;;/m0..../s1. The Hall–Kier alpha value is -1.69. The van der Waals surface area contributed by atoms with Crippen molar-refractivity contribution in [1.82, 2.24) is 0 Å². The van der Waals surface area contributed by atoms with Crippen LogP contribution >= 0.6 is 0 Å². The third-order valence-electron chi connectivity index (χ3n) is 14.4. The van der Waals surface area contributed by atoms with Crippen LogP contribution in [0.3, 0.4) is 0 Å². The van der Waals surface area contributed by atoms with E-state index in [1.54, 1.807) is 13.8 Å². The Balaban J connectivity index is 0.00000118. The lowest BCUT2D eigenvalue weighted by Gasteiger charge is -2.59. The van der Waals surface area contributed by atoms with Crippen LogP contribution in [0.15, 0.2) is 0 Å². The highest BCUT2D eigenvalue weighted by atomic mass is 16.7. The van der Waals surface area contributed by atoms with Gasteiger partial charge in [-0.05, 0) is 123 Å². The van der Waals surface area contributed by atoms with Gasteiger partial charge in [0.15, 0.2) is 12.4 Å². The third-order valence-corrected chi connectivity index (χ3v) is 14.4. The Morgan fingerprint density at radius 1 is 0.920 bits per heavy atom. The summed E-state index contributed by atoms with van der Waals surface area (Å²) in [5.41, 5.74) is -0.192. The van der Waals surface area contributed by atoms with Gasteiger partial charge in [-0.25, -0.2) is 0 Å². The number of aliphatic hydroxyl groups is 4. The van der Waals surface area contributed by atoms with Crippen LogP contribution in [0.4, 0.5) is 0 Å². The summed E-state index contributed by atoms with van der Waals surface area (Å²) in [6, 6.07) is 0. The van der Waals surface area contributed by atoms with Crippen molar-refractivity contribution in [3.63, 3.8) is 0 Å². The number of terminal acetylenes is 2. The number of rotatable bonds is 9. The van der Waals surface area contributed by atoms with Crippen LogP contribution in [0.1, 0.15) is 114 Å². The van der Waals surface area contributed by atoms with E-state index in [1.165, 1.54) is 39.0 Å². The molecular weight excluding hydrogens is 636 g/mol. The van der Waals surface area contributed by atoms with Gasteiger partial charge < -0.3 is 39.4 Å². The number of carbonyl (C=O) groups excluding carboxylic acids is 1. The summed E-state index contributed by atoms with van der Waals surface area (Å²) in [5, 5.41) is 37.0. The number of carbonyl (C=O) groups is 1. The van der Waals surface area contributed by atoms with E-state index >= 15 is 0 Å². The molecule has 1 saturated heterocycles. The van der Waals surface area contributed by atoms with Crippen LogP contribution in [0, 0.1) is 76.9 Å². The monoisotopic (exact) mass is 707 g/mol. The predicted molar refractivity (Wildman–Crippen MR) is 195 cm³/mol. The van der Waals surface area contributed by atoms with E-state index in [9.17, 15) is 20.1 Å². The quantitative estimate of drug-likeness (QED) is 0.137. The molecule has 0 bridgehead atoms. The average Bonchev–Trinajstić information content (AvgIpc) is 3.46. The van der Waals surface area contributed by atoms with Crippen molar-refractivity contribution in [1.29, 1.82) is 0 Å². The summed E-state index contributed by atoms with van der Waals surface area (Å²) < 4.78 is 24.5. The lowest BCUT2D eigenvalue weighted by molar-refractivity contribution is -0.239. The molecule has 0 radical (unpaired) electrons. The van der Waals surface area contributed by atoms with Gasteiger partial charge in [-0.15, -0.1) is 25.7 Å². The van der Waals surface area contributed by atoms with E-state index in [0.29, 0.717) is 40.4 Å². The van der Waals surface area contributed by atoms with E-state index < -0.39 is 18.0 Å². The summed E-state index contributed by atoms with van der Waals surface area (Å²) in [7, 11) is 1.00. The first-order chi connectivity index (χ1) is 23.2. The predicted octanol–water partition coefficient (Wildman–Crippen LogP) is 5.60. The molecule has 9 heteroatoms. The number of aliphatic hydroxyl groups excluding tert-OH is 3. The highest BCUT2D eigenvalue weighted by molar-refractivity contribution is 5.66. The molecule has 6 rings (SSSR count). The first-order valence-electron chi connectivity index (χ1n) is 18.3. The van der Waals surface area contributed by atoms with Gasteiger partial charge in [0.25, 0.3) is 0 Å². The van der Waals surface area contributed by atoms with Gasteiger partial charge in [-0.2, -0.15) is 0 Å². The Morgan fingerprint density at radius 2 is 1.54 bits per heavy atom. The molecule has 6 fully saturated rings. The molecule has 0 aromatic heterocycles. The minimum atomic E-state index is -1.16. The molecule has 9 nitrogen and oxygen atoms in total. The fraction of sp³-hybridized carbons (Fsp3) is 0.878. The number of ether oxygens (including phenoxy) is 4. The molecule has 1 heterocycles. The Bertz CT molecular complexity index is 1140. The molecule has 5 saturated carbocycles. The molecule has 288 valence electrons. The average molecular weight is 707 g/mol. The van der Waals surface area contributed by atoms with E-state index in [2.05, 4.69) is 53.4 Å². The molecule has 4 N–H and O–H groups in total. The fourth-order valence-corrected chi connectivity index (χ4v) is 12.8. The maximum absolute atomic E-state index is 11.9. The van der Waals surface area contributed by atoms with Crippen molar-refractivity contribution in [3.05, 3.63) is 0 Å². The fourth-order valence-electron chi connectivity index (χ4n) is 12.8. The molecule has 0 amide bonds. The Morgan fingerprint density at radius 3 is 2.10 bits per heavy atom. The first kappa shape index (κ1) is 44.5. The zero-order valence-corrected chi connectivity index (χ0v) is 31.4. The zero-order valence-electron chi connectivity index (χ0n) is 31.4. The molecule has 0 aromatic rings. The second-order valence-electron chi connectivity index (χ2n) is 16.7. The smallest absolute Gasteiger partial charge is 0.303 e. The van der Waals surface area contributed by atoms with Crippen LogP contribution < -0.4 is 0 Å². The number of hydrogen-bond donors (Lipinski definition) is 4. The summed E-state index contributed by atoms with van der Waals surface area (Å²) in [6.45, 7) is 14.6. The van der Waals surface area contributed by atoms with Gasteiger partial charge in [-0.1, -0.05) is 35.1 Å². The lowest BCUT2D eigenvalue weighted by atomic mass is 9.46. The topological polar surface area (TPSA) is 135 Å². The van der Waals surface area contributed by atoms with E-state index in [4.69, 9.17) is 24.1 Å². The molecule has 0 aromatic carbocycles. The van der Waals surface area contributed by atoms with Crippen molar-refractivity contribution in [3.8, 4) is 25.7 Å². The Kier molecular flexibility index (Phi) is 15.1. The number of fused-ring (bicyclic) bond motifs is 4. The van der Waals surface area contributed by atoms with Gasteiger partial charge in [-0.3, -0.25) is 4.79 Å². The largest absolute Gasteiger partial charge is 0.457 e. The first-order valence-corrected chi connectivity index (χ1v) is 18.3. The van der Waals surface area contributed by atoms with E-state index in [0.717, 1.165) is 32.8 Å². The molecule has 1 aliphatic heterocycles. The molecule has 50 heavy (non-hydrogen) atoms. The van der Waals surface area contributed by atoms with Gasteiger partial charge in [0.2, 0.25) is 0 Å². The van der Waals surface area contributed by atoms with Crippen molar-refractivity contribution >= 4 is 5.97 Å².